The minimum Gasteiger partial charge on any atom is -0.378 e. The minimum absolute atomic E-state index is 0.521. The first-order valence-corrected chi connectivity index (χ1v) is 5.74. The van der Waals surface area contributed by atoms with E-state index in [1.54, 1.807) is 42.6 Å². The topological polar surface area (TPSA) is 74.6 Å². The highest BCUT2D eigenvalue weighted by molar-refractivity contribution is 5.84. The Balaban J connectivity index is 1.93. The van der Waals surface area contributed by atoms with Gasteiger partial charge in [-0.3, -0.25) is 9.78 Å². The normalized spacial score (nSPS) is 12.3. The van der Waals surface area contributed by atoms with Crippen LogP contribution in [0, 0.1) is 0 Å². The molecule has 0 aliphatic rings. The zero-order chi connectivity index (χ0) is 13.5. The summed E-state index contributed by atoms with van der Waals surface area (Å²) < 4.78 is 0. The number of hydrogen-bond donors (Lipinski definition) is 2. The molecule has 19 heavy (non-hydrogen) atoms. The standard InChI is InChI=1S/C14H13N3O2/c18-13(11-6-2-1-3-7-11)14(19)17-16-10-12-8-4-5-9-15-12/h1-10,13,18H,(H,17,19)/b16-10+/t13-/m0/s1. The third-order valence-corrected chi connectivity index (χ3v) is 2.42. The van der Waals surface area contributed by atoms with E-state index in [4.69, 9.17) is 0 Å². The van der Waals surface area contributed by atoms with Crippen LogP contribution in [0.3, 0.4) is 0 Å². The van der Waals surface area contributed by atoms with Crippen molar-refractivity contribution < 1.29 is 9.90 Å². The fourth-order valence-electron chi connectivity index (χ4n) is 1.46. The molecular weight excluding hydrogens is 242 g/mol. The van der Waals surface area contributed by atoms with Crippen LogP contribution in [0.2, 0.25) is 0 Å². The summed E-state index contributed by atoms with van der Waals surface area (Å²) in [5.74, 6) is -0.585. The van der Waals surface area contributed by atoms with Gasteiger partial charge < -0.3 is 5.11 Å². The van der Waals surface area contributed by atoms with E-state index >= 15 is 0 Å². The number of hydrazone groups is 1. The number of aliphatic hydroxyl groups is 1. The fourth-order valence-corrected chi connectivity index (χ4v) is 1.46. The highest BCUT2D eigenvalue weighted by Gasteiger charge is 2.15. The van der Waals surface area contributed by atoms with Gasteiger partial charge in [0, 0.05) is 6.20 Å². The third-order valence-electron chi connectivity index (χ3n) is 2.42. The van der Waals surface area contributed by atoms with Gasteiger partial charge in [-0.15, -0.1) is 0 Å². The first-order valence-electron chi connectivity index (χ1n) is 5.74. The maximum Gasteiger partial charge on any atom is 0.273 e. The lowest BCUT2D eigenvalue weighted by atomic mass is 10.1. The van der Waals surface area contributed by atoms with Gasteiger partial charge in [0.15, 0.2) is 6.10 Å². The van der Waals surface area contributed by atoms with Crippen molar-refractivity contribution in [1.82, 2.24) is 10.4 Å². The molecule has 1 atom stereocenters. The monoisotopic (exact) mass is 255 g/mol. The van der Waals surface area contributed by atoms with Crippen LogP contribution in [-0.4, -0.2) is 22.2 Å². The largest absolute Gasteiger partial charge is 0.378 e. The molecule has 5 nitrogen and oxygen atoms in total. The van der Waals surface area contributed by atoms with Gasteiger partial charge in [0.25, 0.3) is 5.91 Å². The highest BCUT2D eigenvalue weighted by Crippen LogP contribution is 2.11. The fraction of sp³-hybridized carbons (Fsp3) is 0.0714. The van der Waals surface area contributed by atoms with Crippen LogP contribution >= 0.6 is 0 Å². The molecule has 0 aliphatic carbocycles. The summed E-state index contributed by atoms with van der Waals surface area (Å²) in [4.78, 5) is 15.7. The second kappa shape index (κ2) is 6.42. The summed E-state index contributed by atoms with van der Waals surface area (Å²) in [6.45, 7) is 0. The maximum absolute atomic E-state index is 11.6. The summed E-state index contributed by atoms with van der Waals surface area (Å²) in [7, 11) is 0. The molecule has 2 aromatic rings. The number of rotatable bonds is 4. The van der Waals surface area contributed by atoms with Gasteiger partial charge in [0.2, 0.25) is 0 Å². The number of aromatic nitrogens is 1. The van der Waals surface area contributed by atoms with E-state index < -0.39 is 12.0 Å². The van der Waals surface area contributed by atoms with Crippen molar-refractivity contribution in [2.24, 2.45) is 5.10 Å². The van der Waals surface area contributed by atoms with Crippen LogP contribution in [0.25, 0.3) is 0 Å². The molecule has 2 rings (SSSR count). The first kappa shape index (κ1) is 12.9. The molecule has 0 aliphatic heterocycles. The van der Waals surface area contributed by atoms with Crippen LogP contribution in [0.15, 0.2) is 59.8 Å². The number of aliphatic hydroxyl groups excluding tert-OH is 1. The van der Waals surface area contributed by atoms with Crippen molar-refractivity contribution in [2.45, 2.75) is 6.10 Å². The van der Waals surface area contributed by atoms with Gasteiger partial charge in [-0.05, 0) is 17.7 Å². The molecule has 0 radical (unpaired) electrons. The van der Waals surface area contributed by atoms with Gasteiger partial charge in [0.1, 0.15) is 0 Å². The van der Waals surface area contributed by atoms with Crippen molar-refractivity contribution in [3.05, 3.63) is 66.0 Å². The Morgan fingerprint density at radius 2 is 1.95 bits per heavy atom. The number of hydrogen-bond acceptors (Lipinski definition) is 4. The summed E-state index contributed by atoms with van der Waals surface area (Å²) in [5.41, 5.74) is 3.41. The second-order valence-corrected chi connectivity index (χ2v) is 3.80. The number of nitrogens with one attached hydrogen (secondary N) is 1. The molecule has 0 unspecified atom stereocenters. The molecule has 0 saturated carbocycles. The number of carbonyl (C=O) groups excluding carboxylic acids is 1. The average molecular weight is 255 g/mol. The number of carbonyl (C=O) groups is 1. The number of pyridine rings is 1. The average Bonchev–Trinajstić information content (AvgIpc) is 2.48. The summed E-state index contributed by atoms with van der Waals surface area (Å²) in [6, 6.07) is 14.0. The molecule has 0 saturated heterocycles. The summed E-state index contributed by atoms with van der Waals surface area (Å²) in [5, 5.41) is 13.5. The smallest absolute Gasteiger partial charge is 0.273 e. The zero-order valence-corrected chi connectivity index (χ0v) is 10.1. The van der Waals surface area contributed by atoms with Crippen molar-refractivity contribution >= 4 is 12.1 Å². The molecule has 96 valence electrons. The Morgan fingerprint density at radius 1 is 1.21 bits per heavy atom. The van der Waals surface area contributed by atoms with Crippen LogP contribution in [0.4, 0.5) is 0 Å². The van der Waals surface area contributed by atoms with Crippen molar-refractivity contribution in [2.75, 3.05) is 0 Å². The maximum atomic E-state index is 11.6. The molecule has 1 amide bonds. The van der Waals surface area contributed by atoms with Crippen LogP contribution < -0.4 is 5.43 Å². The molecule has 2 N–H and O–H groups in total. The molecule has 5 heteroatoms. The minimum atomic E-state index is -1.23. The summed E-state index contributed by atoms with van der Waals surface area (Å²) >= 11 is 0. The van der Waals surface area contributed by atoms with E-state index in [0.717, 1.165) is 0 Å². The Hall–Kier alpha value is -2.53. The van der Waals surface area contributed by atoms with E-state index in [9.17, 15) is 9.90 Å². The Kier molecular flexibility index (Phi) is 4.36. The molecule has 0 bridgehead atoms. The first-order chi connectivity index (χ1) is 9.27. The lowest BCUT2D eigenvalue weighted by Crippen LogP contribution is -2.25. The van der Waals surface area contributed by atoms with Gasteiger partial charge in [0.05, 0.1) is 11.9 Å². The predicted molar refractivity (Wildman–Crippen MR) is 71.4 cm³/mol. The van der Waals surface area contributed by atoms with Crippen molar-refractivity contribution in [3.8, 4) is 0 Å². The highest BCUT2D eigenvalue weighted by atomic mass is 16.3. The number of benzene rings is 1. The van der Waals surface area contributed by atoms with Crippen LogP contribution in [-0.2, 0) is 4.79 Å². The van der Waals surface area contributed by atoms with Gasteiger partial charge >= 0.3 is 0 Å². The Bertz CT molecular complexity index is 555. The van der Waals surface area contributed by atoms with E-state index in [1.807, 2.05) is 12.1 Å². The lowest BCUT2D eigenvalue weighted by Gasteiger charge is -2.08. The van der Waals surface area contributed by atoms with Crippen molar-refractivity contribution in [3.63, 3.8) is 0 Å². The van der Waals surface area contributed by atoms with E-state index in [0.29, 0.717) is 11.3 Å². The van der Waals surface area contributed by atoms with E-state index in [-0.39, 0.29) is 0 Å². The molecule has 0 spiro atoms. The number of nitrogens with zero attached hydrogens (tertiary/aromatic N) is 2. The van der Waals surface area contributed by atoms with Gasteiger partial charge in [-0.1, -0.05) is 36.4 Å². The molecule has 1 heterocycles. The van der Waals surface area contributed by atoms with Crippen molar-refractivity contribution in [1.29, 1.82) is 0 Å². The van der Waals surface area contributed by atoms with E-state index in [2.05, 4.69) is 15.5 Å². The van der Waals surface area contributed by atoms with Crippen LogP contribution in [0.5, 0.6) is 0 Å². The second-order valence-electron chi connectivity index (χ2n) is 3.80. The van der Waals surface area contributed by atoms with E-state index in [1.165, 1.54) is 6.21 Å². The molecule has 0 fully saturated rings. The quantitative estimate of drug-likeness (QED) is 0.638. The zero-order valence-electron chi connectivity index (χ0n) is 10.1. The molecule has 1 aromatic carbocycles. The lowest BCUT2D eigenvalue weighted by molar-refractivity contribution is -0.129. The van der Waals surface area contributed by atoms with Gasteiger partial charge in [-0.2, -0.15) is 5.10 Å². The Morgan fingerprint density at radius 3 is 2.63 bits per heavy atom. The molecule has 1 aromatic heterocycles. The predicted octanol–water partition coefficient (Wildman–Crippen LogP) is 1.27. The third kappa shape index (κ3) is 3.72. The number of amides is 1. The molecular formula is C14H13N3O2. The van der Waals surface area contributed by atoms with Crippen LogP contribution in [0.1, 0.15) is 17.4 Å². The SMILES string of the molecule is O=C(N/N=C/c1ccccn1)[C@@H](O)c1ccccc1. The van der Waals surface area contributed by atoms with Gasteiger partial charge in [-0.25, -0.2) is 5.43 Å². The Labute approximate surface area is 110 Å². The summed E-state index contributed by atoms with van der Waals surface area (Å²) in [6.07, 6.45) is 1.81.